The van der Waals surface area contributed by atoms with Gasteiger partial charge in [0, 0.05) is 11.8 Å². The van der Waals surface area contributed by atoms with E-state index in [2.05, 4.69) is 12.1 Å². The van der Waals surface area contributed by atoms with Crippen molar-refractivity contribution in [2.45, 2.75) is 25.7 Å². The maximum absolute atomic E-state index is 12.5. The minimum Gasteiger partial charge on any atom is -0.426 e. The van der Waals surface area contributed by atoms with Crippen LogP contribution in [0.4, 0.5) is 0 Å². The molecule has 5 rings (SSSR count). The summed E-state index contributed by atoms with van der Waals surface area (Å²) in [4.78, 5) is 24.9. The van der Waals surface area contributed by atoms with Crippen molar-refractivity contribution in [3.05, 3.63) is 58.7 Å². The van der Waals surface area contributed by atoms with Gasteiger partial charge in [-0.1, -0.05) is 35.4 Å². The molecule has 1 saturated carbocycles. The van der Waals surface area contributed by atoms with Crippen LogP contribution in [0.2, 0.25) is 0 Å². The number of benzene rings is 2. The number of rotatable bonds is 0. The Bertz CT molecular complexity index is 838. The van der Waals surface area contributed by atoms with E-state index in [9.17, 15) is 9.59 Å². The van der Waals surface area contributed by atoms with Gasteiger partial charge in [0.2, 0.25) is 0 Å². The molecule has 4 heteroatoms. The Morgan fingerprint density at radius 3 is 1.50 bits per heavy atom. The second-order valence-electron chi connectivity index (χ2n) is 7.03. The van der Waals surface area contributed by atoms with E-state index in [0.717, 1.165) is 22.3 Å². The third kappa shape index (κ3) is 1.63. The van der Waals surface area contributed by atoms with Crippen molar-refractivity contribution in [2.24, 2.45) is 11.8 Å². The predicted molar refractivity (Wildman–Crippen MR) is 86.1 cm³/mol. The molecule has 0 aromatic heterocycles. The zero-order valence-corrected chi connectivity index (χ0v) is 13.4. The first-order valence-corrected chi connectivity index (χ1v) is 8.19. The van der Waals surface area contributed by atoms with Crippen molar-refractivity contribution >= 4 is 11.9 Å². The number of aryl methyl sites for hydroxylation is 2. The Morgan fingerprint density at radius 1 is 0.667 bits per heavy atom. The zero-order valence-electron chi connectivity index (χ0n) is 13.4. The maximum Gasteiger partial charge on any atom is 0.315 e. The number of hydrogen-bond acceptors (Lipinski definition) is 4. The van der Waals surface area contributed by atoms with Crippen molar-refractivity contribution in [2.75, 3.05) is 0 Å². The van der Waals surface area contributed by atoms with Gasteiger partial charge in [-0.2, -0.15) is 0 Å². The average Bonchev–Trinajstić information content (AvgIpc) is 2.50. The number of hydrogen-bond donors (Lipinski definition) is 0. The molecule has 4 nitrogen and oxygen atoms in total. The van der Waals surface area contributed by atoms with Crippen LogP contribution in [0.5, 0.6) is 11.5 Å². The van der Waals surface area contributed by atoms with Crippen molar-refractivity contribution in [3.8, 4) is 11.5 Å². The molecule has 1 fully saturated rings. The van der Waals surface area contributed by atoms with Crippen LogP contribution in [-0.2, 0) is 9.59 Å². The van der Waals surface area contributed by atoms with E-state index in [0.29, 0.717) is 11.5 Å². The first-order chi connectivity index (χ1) is 11.5. The summed E-state index contributed by atoms with van der Waals surface area (Å²) in [6.07, 6.45) is 0. The van der Waals surface area contributed by atoms with Gasteiger partial charge in [0.05, 0.1) is 11.8 Å². The molecule has 0 amide bonds. The monoisotopic (exact) mass is 320 g/mol. The molecule has 24 heavy (non-hydrogen) atoms. The van der Waals surface area contributed by atoms with E-state index >= 15 is 0 Å². The molecule has 0 spiro atoms. The quantitative estimate of drug-likeness (QED) is 0.552. The highest BCUT2D eigenvalue weighted by Gasteiger charge is 2.64. The molecule has 2 aliphatic heterocycles. The molecule has 2 aromatic carbocycles. The fraction of sp³-hybridized carbons (Fsp3) is 0.300. The second-order valence-corrected chi connectivity index (χ2v) is 7.03. The molecule has 0 N–H and O–H groups in total. The van der Waals surface area contributed by atoms with E-state index in [1.54, 1.807) is 0 Å². The number of carbonyl (C=O) groups excluding carboxylic acids is 2. The SMILES string of the molecule is Cc1ccc2c(c1)C1C(C(=O)O2)C2C(=O)Oc3ccc(C)cc3C21. The minimum atomic E-state index is -0.439. The van der Waals surface area contributed by atoms with Gasteiger partial charge in [0.25, 0.3) is 0 Å². The maximum atomic E-state index is 12.5. The van der Waals surface area contributed by atoms with Crippen molar-refractivity contribution in [1.29, 1.82) is 0 Å². The normalized spacial score (nSPS) is 29.2. The van der Waals surface area contributed by atoms with Crippen molar-refractivity contribution < 1.29 is 19.1 Å². The van der Waals surface area contributed by atoms with Crippen LogP contribution in [0.25, 0.3) is 0 Å². The van der Waals surface area contributed by atoms with E-state index < -0.39 is 11.8 Å². The average molecular weight is 320 g/mol. The van der Waals surface area contributed by atoms with E-state index in [1.165, 1.54) is 0 Å². The van der Waals surface area contributed by atoms with Crippen molar-refractivity contribution in [1.82, 2.24) is 0 Å². The molecule has 0 bridgehead atoms. The smallest absolute Gasteiger partial charge is 0.315 e. The van der Waals surface area contributed by atoms with Crippen LogP contribution < -0.4 is 9.47 Å². The topological polar surface area (TPSA) is 52.6 Å². The highest BCUT2D eigenvalue weighted by atomic mass is 16.5. The molecule has 2 heterocycles. The van der Waals surface area contributed by atoms with Crippen molar-refractivity contribution in [3.63, 3.8) is 0 Å². The highest BCUT2D eigenvalue weighted by Crippen LogP contribution is 2.64. The van der Waals surface area contributed by atoms with Crippen LogP contribution in [0.1, 0.15) is 34.1 Å². The van der Waals surface area contributed by atoms with E-state index in [1.807, 2.05) is 38.1 Å². The largest absolute Gasteiger partial charge is 0.426 e. The second kappa shape index (κ2) is 4.47. The molecular weight excluding hydrogens is 304 g/mol. The fourth-order valence-electron chi connectivity index (χ4n) is 4.50. The van der Waals surface area contributed by atoms with Gasteiger partial charge in [0.1, 0.15) is 11.5 Å². The number of carbonyl (C=O) groups is 2. The van der Waals surface area contributed by atoms with Crippen LogP contribution in [0, 0.1) is 25.7 Å². The Balaban J connectivity index is 1.71. The Kier molecular flexibility index (Phi) is 2.57. The van der Waals surface area contributed by atoms with Crippen LogP contribution in [-0.4, -0.2) is 11.9 Å². The summed E-state index contributed by atoms with van der Waals surface area (Å²) in [5, 5.41) is 0. The summed E-state index contributed by atoms with van der Waals surface area (Å²) in [6.45, 7) is 4.05. The lowest BCUT2D eigenvalue weighted by Gasteiger charge is -2.53. The lowest BCUT2D eigenvalue weighted by Crippen LogP contribution is -2.57. The van der Waals surface area contributed by atoms with Gasteiger partial charge < -0.3 is 9.47 Å². The van der Waals surface area contributed by atoms with Gasteiger partial charge in [-0.25, -0.2) is 0 Å². The number of fused-ring (bicyclic) bond motifs is 8. The lowest BCUT2D eigenvalue weighted by atomic mass is 9.51. The molecule has 120 valence electrons. The van der Waals surface area contributed by atoms with Gasteiger partial charge >= 0.3 is 11.9 Å². The molecule has 3 aliphatic rings. The third-order valence-electron chi connectivity index (χ3n) is 5.56. The fourth-order valence-corrected chi connectivity index (χ4v) is 4.50. The zero-order chi connectivity index (χ0) is 16.6. The van der Waals surface area contributed by atoms with Gasteiger partial charge in [-0.05, 0) is 37.1 Å². The highest BCUT2D eigenvalue weighted by molar-refractivity contribution is 5.92. The molecule has 0 radical (unpaired) electrons. The lowest BCUT2D eigenvalue weighted by molar-refractivity contribution is -0.165. The van der Waals surface area contributed by atoms with Crippen LogP contribution in [0.15, 0.2) is 36.4 Å². The summed E-state index contributed by atoms with van der Waals surface area (Å²) in [7, 11) is 0. The first-order valence-electron chi connectivity index (χ1n) is 8.19. The minimum absolute atomic E-state index is 0.0143. The van der Waals surface area contributed by atoms with Gasteiger partial charge in [0.15, 0.2) is 0 Å². The summed E-state index contributed by atoms with van der Waals surface area (Å²) >= 11 is 0. The predicted octanol–water partition coefficient (Wildman–Crippen LogP) is 3.25. The molecule has 0 saturated heterocycles. The first kappa shape index (κ1) is 13.8. The summed E-state index contributed by atoms with van der Waals surface area (Å²) < 4.78 is 11.0. The van der Waals surface area contributed by atoms with Crippen LogP contribution in [0.3, 0.4) is 0 Å². The molecule has 1 aliphatic carbocycles. The van der Waals surface area contributed by atoms with Gasteiger partial charge in [-0.15, -0.1) is 0 Å². The Labute approximate surface area is 139 Å². The van der Waals surface area contributed by atoms with E-state index in [-0.39, 0.29) is 23.8 Å². The third-order valence-corrected chi connectivity index (χ3v) is 5.56. The van der Waals surface area contributed by atoms with E-state index in [4.69, 9.17) is 9.47 Å². The summed E-state index contributed by atoms with van der Waals surface area (Å²) in [6, 6.07) is 11.7. The summed E-state index contributed by atoms with van der Waals surface area (Å²) in [5.74, 6) is -0.289. The van der Waals surface area contributed by atoms with Crippen LogP contribution >= 0.6 is 0 Å². The Morgan fingerprint density at radius 2 is 1.08 bits per heavy atom. The van der Waals surface area contributed by atoms with Gasteiger partial charge in [-0.3, -0.25) is 9.59 Å². The standard InChI is InChI=1S/C20H16O4/c1-9-3-5-13-11(7-9)15-16-12-8-10(2)4-6-14(12)24-20(22)18(16)17(15)19(21)23-13/h3-8,15-18H,1-2H3. The molecule has 4 atom stereocenters. The Hall–Kier alpha value is -2.62. The number of ether oxygens (including phenoxy) is 2. The molecular formula is C20H16O4. The molecule has 2 aromatic rings. The summed E-state index contributed by atoms with van der Waals surface area (Å²) in [5.41, 5.74) is 4.31. The molecule has 4 unspecified atom stereocenters. The number of esters is 2.